The molecule has 1 unspecified atom stereocenters. The number of pyridine rings is 2. The Hall–Kier alpha value is -3.11. The molecule has 2 aromatic carbocycles. The smallest absolute Gasteiger partial charge is 0.147 e. The Labute approximate surface area is 156 Å². The molecule has 2 heterocycles. The monoisotopic (exact) mass is 361 g/mol. The van der Waals surface area contributed by atoms with E-state index in [1.54, 1.807) is 24.5 Å². The van der Waals surface area contributed by atoms with Crippen LogP contribution in [0.15, 0.2) is 79.1 Å². The van der Waals surface area contributed by atoms with Gasteiger partial charge in [-0.05, 0) is 42.5 Å². The van der Waals surface area contributed by atoms with Crippen molar-refractivity contribution in [3.8, 4) is 5.75 Å². The zero-order valence-electron chi connectivity index (χ0n) is 13.8. The van der Waals surface area contributed by atoms with Crippen LogP contribution in [0.4, 0.5) is 5.69 Å². The van der Waals surface area contributed by atoms with Gasteiger partial charge in [-0.3, -0.25) is 9.97 Å². The van der Waals surface area contributed by atoms with Gasteiger partial charge in [0.1, 0.15) is 11.3 Å². The first-order valence-corrected chi connectivity index (χ1v) is 8.60. The van der Waals surface area contributed by atoms with Gasteiger partial charge < -0.3 is 10.4 Å². The summed E-state index contributed by atoms with van der Waals surface area (Å²) in [6.07, 6.45) is 3.37. The summed E-state index contributed by atoms with van der Waals surface area (Å²) in [5.41, 5.74) is 2.80. The molecule has 2 aromatic heterocycles. The number of rotatable bonds is 4. The molecule has 4 rings (SSSR count). The van der Waals surface area contributed by atoms with Gasteiger partial charge in [0.25, 0.3) is 0 Å². The second-order valence-electron chi connectivity index (χ2n) is 5.89. The van der Waals surface area contributed by atoms with E-state index in [1.807, 2.05) is 54.6 Å². The lowest BCUT2D eigenvalue weighted by atomic mass is 9.99. The molecule has 2 N–H and O–H groups in total. The van der Waals surface area contributed by atoms with Crippen molar-refractivity contribution in [3.05, 3.63) is 95.4 Å². The maximum atomic E-state index is 10.9. The van der Waals surface area contributed by atoms with Crippen LogP contribution in [-0.4, -0.2) is 15.1 Å². The van der Waals surface area contributed by atoms with Crippen LogP contribution in [0.25, 0.3) is 10.9 Å². The van der Waals surface area contributed by atoms with Gasteiger partial charge >= 0.3 is 0 Å². The standard InChI is InChI=1S/C21H16ClN3O/c22-17-13-16(21(26)20-15(17)9-6-12-24-20)19(18-10-4-5-11-23-18)25-14-7-2-1-3-8-14/h1-13,19,25-26H. The van der Waals surface area contributed by atoms with Crippen molar-refractivity contribution in [2.45, 2.75) is 6.04 Å². The van der Waals surface area contributed by atoms with Crippen LogP contribution in [0.2, 0.25) is 5.02 Å². The first-order valence-electron chi connectivity index (χ1n) is 8.22. The largest absolute Gasteiger partial charge is 0.505 e. The minimum absolute atomic E-state index is 0.101. The zero-order chi connectivity index (χ0) is 17.9. The van der Waals surface area contributed by atoms with Crippen molar-refractivity contribution in [1.82, 2.24) is 9.97 Å². The molecule has 0 bridgehead atoms. The van der Waals surface area contributed by atoms with Gasteiger partial charge in [0, 0.05) is 29.0 Å². The number of fused-ring (bicyclic) bond motifs is 1. The molecule has 4 aromatic rings. The Morgan fingerprint density at radius 1 is 0.885 bits per heavy atom. The number of benzene rings is 2. The minimum atomic E-state index is -0.373. The average Bonchev–Trinajstić information content (AvgIpc) is 2.71. The molecule has 0 spiro atoms. The molecular weight excluding hydrogens is 346 g/mol. The van der Waals surface area contributed by atoms with Crippen LogP contribution in [-0.2, 0) is 0 Å². The number of hydrogen-bond acceptors (Lipinski definition) is 4. The van der Waals surface area contributed by atoms with E-state index in [1.165, 1.54) is 0 Å². The van der Waals surface area contributed by atoms with Gasteiger partial charge in [0.2, 0.25) is 0 Å². The highest BCUT2D eigenvalue weighted by Gasteiger charge is 2.22. The summed E-state index contributed by atoms with van der Waals surface area (Å²) in [7, 11) is 0. The number of hydrogen-bond donors (Lipinski definition) is 2. The fourth-order valence-electron chi connectivity index (χ4n) is 2.98. The molecular formula is C21H16ClN3O. The molecule has 5 heteroatoms. The molecule has 0 saturated carbocycles. The lowest BCUT2D eigenvalue weighted by molar-refractivity contribution is 0.471. The molecule has 26 heavy (non-hydrogen) atoms. The topological polar surface area (TPSA) is 58.0 Å². The average molecular weight is 362 g/mol. The minimum Gasteiger partial charge on any atom is -0.505 e. The molecule has 0 radical (unpaired) electrons. The van der Waals surface area contributed by atoms with E-state index in [4.69, 9.17) is 11.6 Å². The quantitative estimate of drug-likeness (QED) is 0.525. The number of aromatic nitrogens is 2. The Bertz CT molecular complexity index is 1040. The SMILES string of the molecule is Oc1c(C(Nc2ccccc2)c2ccccn2)cc(Cl)c2cccnc12. The third-order valence-corrected chi connectivity index (χ3v) is 4.54. The maximum absolute atomic E-state index is 10.9. The molecule has 0 aliphatic heterocycles. The summed E-state index contributed by atoms with van der Waals surface area (Å²) in [4.78, 5) is 8.77. The normalized spacial score (nSPS) is 12.0. The lowest BCUT2D eigenvalue weighted by Gasteiger charge is -2.22. The van der Waals surface area contributed by atoms with Crippen LogP contribution in [0, 0.1) is 0 Å². The van der Waals surface area contributed by atoms with Crippen LogP contribution < -0.4 is 5.32 Å². The van der Waals surface area contributed by atoms with E-state index < -0.39 is 0 Å². The van der Waals surface area contributed by atoms with E-state index >= 15 is 0 Å². The summed E-state index contributed by atoms with van der Waals surface area (Å²) in [5.74, 6) is 0.101. The van der Waals surface area contributed by atoms with Crippen LogP contribution in [0.5, 0.6) is 5.75 Å². The third kappa shape index (κ3) is 3.07. The van der Waals surface area contributed by atoms with Gasteiger partial charge in [0.05, 0.1) is 16.8 Å². The van der Waals surface area contributed by atoms with E-state index in [2.05, 4.69) is 15.3 Å². The number of halogens is 1. The summed E-state index contributed by atoms with van der Waals surface area (Å²) < 4.78 is 0. The number of aromatic hydroxyl groups is 1. The first kappa shape index (κ1) is 16.4. The number of anilines is 1. The van der Waals surface area contributed by atoms with Gasteiger partial charge in [-0.15, -0.1) is 0 Å². The van der Waals surface area contributed by atoms with Gasteiger partial charge in [-0.25, -0.2) is 0 Å². The summed E-state index contributed by atoms with van der Waals surface area (Å²) in [5, 5.41) is 15.6. The van der Waals surface area contributed by atoms with Crippen LogP contribution in [0.1, 0.15) is 17.3 Å². The predicted octanol–water partition coefficient (Wildman–Crippen LogP) is 5.19. The van der Waals surface area contributed by atoms with Gasteiger partial charge in [-0.2, -0.15) is 0 Å². The fraction of sp³-hybridized carbons (Fsp3) is 0.0476. The molecule has 4 nitrogen and oxygen atoms in total. The summed E-state index contributed by atoms with van der Waals surface area (Å²) in [6, 6.07) is 20.5. The highest BCUT2D eigenvalue weighted by Crippen LogP contribution is 2.39. The van der Waals surface area contributed by atoms with E-state index in [9.17, 15) is 5.11 Å². The second kappa shape index (κ2) is 7.02. The highest BCUT2D eigenvalue weighted by molar-refractivity contribution is 6.35. The highest BCUT2D eigenvalue weighted by atomic mass is 35.5. The molecule has 128 valence electrons. The number of para-hydroxylation sites is 1. The Balaban J connectivity index is 1.89. The third-order valence-electron chi connectivity index (χ3n) is 4.22. The summed E-state index contributed by atoms with van der Waals surface area (Å²) in [6.45, 7) is 0. The molecule has 0 aliphatic rings. The van der Waals surface area contributed by atoms with Crippen LogP contribution >= 0.6 is 11.6 Å². The number of nitrogens with zero attached hydrogens (tertiary/aromatic N) is 2. The maximum Gasteiger partial charge on any atom is 0.147 e. The Morgan fingerprint density at radius 2 is 1.65 bits per heavy atom. The molecule has 0 saturated heterocycles. The number of nitrogens with one attached hydrogen (secondary N) is 1. The van der Waals surface area contributed by atoms with Crippen molar-refractivity contribution in [3.63, 3.8) is 0 Å². The van der Waals surface area contributed by atoms with Crippen molar-refractivity contribution in [2.24, 2.45) is 0 Å². The molecule has 0 aliphatic carbocycles. The lowest BCUT2D eigenvalue weighted by Crippen LogP contribution is -2.14. The van der Waals surface area contributed by atoms with Gasteiger partial charge in [0.15, 0.2) is 0 Å². The Morgan fingerprint density at radius 3 is 2.42 bits per heavy atom. The van der Waals surface area contributed by atoms with E-state index in [0.29, 0.717) is 16.1 Å². The Kier molecular flexibility index (Phi) is 4.42. The van der Waals surface area contributed by atoms with Crippen molar-refractivity contribution in [1.29, 1.82) is 0 Å². The van der Waals surface area contributed by atoms with E-state index in [0.717, 1.165) is 16.8 Å². The molecule has 1 atom stereocenters. The van der Waals surface area contributed by atoms with Gasteiger partial charge in [-0.1, -0.05) is 35.9 Å². The van der Waals surface area contributed by atoms with Crippen molar-refractivity contribution in [2.75, 3.05) is 5.32 Å². The van der Waals surface area contributed by atoms with Crippen LogP contribution in [0.3, 0.4) is 0 Å². The van der Waals surface area contributed by atoms with Crippen molar-refractivity contribution >= 4 is 28.2 Å². The van der Waals surface area contributed by atoms with E-state index in [-0.39, 0.29) is 11.8 Å². The molecule has 0 fully saturated rings. The zero-order valence-corrected chi connectivity index (χ0v) is 14.6. The fourth-order valence-corrected chi connectivity index (χ4v) is 3.25. The first-order chi connectivity index (χ1) is 12.7. The second-order valence-corrected chi connectivity index (χ2v) is 6.30. The van der Waals surface area contributed by atoms with Crippen molar-refractivity contribution < 1.29 is 5.11 Å². The number of phenolic OH excluding ortho intramolecular Hbond substituents is 1. The molecule has 0 amide bonds. The number of phenols is 1. The predicted molar refractivity (Wildman–Crippen MR) is 105 cm³/mol. The summed E-state index contributed by atoms with van der Waals surface area (Å²) >= 11 is 6.47.